The fraction of sp³-hybridized carbons (Fsp3) is 0.370. The summed E-state index contributed by atoms with van der Waals surface area (Å²) in [5.74, 6) is -4.71. The van der Waals surface area contributed by atoms with Gasteiger partial charge in [0, 0.05) is 66.0 Å². The van der Waals surface area contributed by atoms with Gasteiger partial charge in [-0.15, -0.1) is 11.8 Å². The van der Waals surface area contributed by atoms with Gasteiger partial charge in [-0.25, -0.2) is 18.0 Å². The molecule has 1 amide bonds. The molecule has 0 N–H and O–H groups in total. The number of carbonyl (C=O) groups excluding carboxylic acids is 1. The lowest BCUT2D eigenvalue weighted by Gasteiger charge is -2.41. The third kappa shape index (κ3) is 4.96. The molecule has 2 aromatic carbocycles. The first kappa shape index (κ1) is 29.0. The molecule has 0 saturated carbocycles. The third-order valence-corrected chi connectivity index (χ3v) is 8.50. The van der Waals surface area contributed by atoms with E-state index in [-0.39, 0.29) is 65.6 Å². The van der Waals surface area contributed by atoms with Crippen LogP contribution in [0.1, 0.15) is 18.5 Å². The number of nitrogens with zero attached hydrogens (tertiary/aromatic N) is 4. The molecular formula is C27H24F6N4O3S. The van der Waals surface area contributed by atoms with Crippen LogP contribution in [-0.4, -0.2) is 65.5 Å². The molecule has 1 saturated heterocycles. The average molecular weight is 599 g/mol. The van der Waals surface area contributed by atoms with Crippen LogP contribution in [0.25, 0.3) is 22.0 Å². The first-order valence-corrected chi connectivity index (χ1v) is 13.5. The van der Waals surface area contributed by atoms with Crippen molar-refractivity contribution in [2.75, 3.05) is 44.0 Å². The van der Waals surface area contributed by atoms with Gasteiger partial charge in [-0.2, -0.15) is 18.2 Å². The number of amides is 1. The van der Waals surface area contributed by atoms with Crippen LogP contribution in [-0.2, 0) is 15.7 Å². The van der Waals surface area contributed by atoms with Gasteiger partial charge < -0.3 is 14.5 Å². The summed E-state index contributed by atoms with van der Waals surface area (Å²) < 4.78 is 93.4. The van der Waals surface area contributed by atoms with Crippen molar-refractivity contribution in [2.45, 2.75) is 30.1 Å². The number of piperazine rings is 1. The first-order chi connectivity index (χ1) is 19.4. The maximum absolute atomic E-state index is 15.0. The molecule has 2 unspecified atom stereocenters. The Morgan fingerprint density at radius 1 is 1.17 bits per heavy atom. The molecule has 218 valence electrons. The van der Waals surface area contributed by atoms with Crippen molar-refractivity contribution in [1.82, 2.24) is 14.5 Å². The minimum absolute atomic E-state index is 0.0256. The average Bonchev–Trinajstić information content (AvgIpc) is 2.92. The van der Waals surface area contributed by atoms with Crippen LogP contribution >= 0.6 is 11.8 Å². The Morgan fingerprint density at radius 2 is 1.88 bits per heavy atom. The number of halogens is 6. The predicted molar refractivity (Wildman–Crippen MR) is 142 cm³/mol. The van der Waals surface area contributed by atoms with Gasteiger partial charge in [-0.05, 0) is 25.1 Å². The summed E-state index contributed by atoms with van der Waals surface area (Å²) in [7, 11) is 1.41. The van der Waals surface area contributed by atoms with Crippen LogP contribution in [0.5, 0.6) is 0 Å². The summed E-state index contributed by atoms with van der Waals surface area (Å²) in [6.45, 7) is 5.84. The van der Waals surface area contributed by atoms with Crippen molar-refractivity contribution in [3.8, 4) is 11.1 Å². The van der Waals surface area contributed by atoms with Gasteiger partial charge in [-0.3, -0.25) is 9.36 Å². The minimum Gasteiger partial charge on any atom is -0.383 e. The summed E-state index contributed by atoms with van der Waals surface area (Å²) in [4.78, 5) is 32.9. The van der Waals surface area contributed by atoms with Crippen molar-refractivity contribution in [1.29, 1.82) is 0 Å². The summed E-state index contributed by atoms with van der Waals surface area (Å²) in [5, 5.41) is -0.0256. The van der Waals surface area contributed by atoms with Crippen molar-refractivity contribution in [2.24, 2.45) is 0 Å². The van der Waals surface area contributed by atoms with E-state index in [2.05, 4.69) is 11.6 Å². The van der Waals surface area contributed by atoms with E-state index in [1.54, 1.807) is 11.8 Å². The van der Waals surface area contributed by atoms with Crippen molar-refractivity contribution in [3.05, 3.63) is 64.4 Å². The highest BCUT2D eigenvalue weighted by molar-refractivity contribution is 7.99. The molecule has 1 aromatic heterocycles. The Bertz CT molecular complexity index is 1630. The Labute approximate surface area is 234 Å². The highest BCUT2D eigenvalue weighted by Crippen LogP contribution is 2.50. The van der Waals surface area contributed by atoms with E-state index in [0.29, 0.717) is 6.07 Å². The molecule has 3 aromatic rings. The van der Waals surface area contributed by atoms with Gasteiger partial charge in [-0.1, -0.05) is 6.58 Å². The molecule has 2 aliphatic heterocycles. The summed E-state index contributed by atoms with van der Waals surface area (Å²) in [6.07, 6.45) is -3.88. The second kappa shape index (κ2) is 10.7. The van der Waals surface area contributed by atoms with Gasteiger partial charge in [0.15, 0.2) is 11.6 Å². The standard InChI is InChI=1S/C27H24F6N4O3S/c1-4-21(38)35-5-6-36(13(2)10-35)25-16-7-17(27(31,32)33)22(15-8-19(29)20(30)9-18(15)28)24-23(16)37(26(39)34-25)14(11-40-3)12-41-24/h4,7-9,13-14H,1,5-6,10-12H2,2-3H3. The highest BCUT2D eigenvalue weighted by atomic mass is 32.2. The monoisotopic (exact) mass is 598 g/mol. The Morgan fingerprint density at radius 3 is 2.51 bits per heavy atom. The number of methoxy groups -OCH3 is 1. The van der Waals surface area contributed by atoms with Gasteiger partial charge in [0.05, 0.1) is 23.7 Å². The minimum atomic E-state index is -5.04. The normalized spacial score (nSPS) is 19.1. The van der Waals surface area contributed by atoms with Crippen molar-refractivity contribution >= 4 is 34.4 Å². The van der Waals surface area contributed by atoms with Crippen LogP contribution in [0.3, 0.4) is 0 Å². The molecule has 41 heavy (non-hydrogen) atoms. The molecule has 14 heteroatoms. The summed E-state index contributed by atoms with van der Waals surface area (Å²) in [6, 6.07) is 0.302. The number of ether oxygens (including phenoxy) is 1. The number of alkyl halides is 3. The summed E-state index contributed by atoms with van der Waals surface area (Å²) >= 11 is 0.939. The SMILES string of the molecule is C=CC(=O)N1CCN(c2nc(=O)n3c4c(c(-c5cc(F)c(F)cc5F)c(C(F)(F)F)cc24)SCC3COC)C(C)C1. The molecule has 3 heterocycles. The number of hydrogen-bond donors (Lipinski definition) is 0. The second-order valence-corrected chi connectivity index (χ2v) is 10.8. The number of rotatable bonds is 5. The third-order valence-electron chi connectivity index (χ3n) is 7.26. The smallest absolute Gasteiger partial charge is 0.383 e. The van der Waals surface area contributed by atoms with Crippen molar-refractivity contribution < 1.29 is 35.9 Å². The maximum Gasteiger partial charge on any atom is 0.417 e. The van der Waals surface area contributed by atoms with E-state index >= 15 is 4.39 Å². The van der Waals surface area contributed by atoms with E-state index < -0.39 is 58.1 Å². The van der Waals surface area contributed by atoms with Gasteiger partial charge in [0.2, 0.25) is 5.91 Å². The fourth-order valence-electron chi connectivity index (χ4n) is 5.43. The van der Waals surface area contributed by atoms with Crippen LogP contribution in [0.15, 0.2) is 40.5 Å². The molecule has 0 aliphatic carbocycles. The number of carbonyl (C=O) groups is 1. The van der Waals surface area contributed by atoms with Gasteiger partial charge >= 0.3 is 11.9 Å². The topological polar surface area (TPSA) is 67.7 Å². The fourth-order valence-corrected chi connectivity index (χ4v) is 6.75. The maximum atomic E-state index is 15.0. The van der Waals surface area contributed by atoms with E-state index in [1.807, 2.05) is 0 Å². The molecule has 2 atom stereocenters. The van der Waals surface area contributed by atoms with Gasteiger partial charge in [0.25, 0.3) is 0 Å². The van der Waals surface area contributed by atoms with Crippen LogP contribution in [0, 0.1) is 17.5 Å². The highest BCUT2D eigenvalue weighted by Gasteiger charge is 2.40. The zero-order chi connectivity index (χ0) is 29.8. The summed E-state index contributed by atoms with van der Waals surface area (Å²) in [5.41, 5.74) is -3.47. The Hall–Kier alpha value is -3.52. The lowest BCUT2D eigenvalue weighted by molar-refractivity contribution is -0.137. The number of aromatic nitrogens is 2. The number of anilines is 1. The van der Waals surface area contributed by atoms with Gasteiger partial charge in [0.1, 0.15) is 11.6 Å². The van der Waals surface area contributed by atoms with E-state index in [4.69, 9.17) is 4.74 Å². The quantitative estimate of drug-likeness (QED) is 0.234. The Balaban J connectivity index is 1.85. The van der Waals surface area contributed by atoms with Crippen LogP contribution in [0.4, 0.5) is 32.2 Å². The largest absolute Gasteiger partial charge is 0.417 e. The number of hydrogen-bond acceptors (Lipinski definition) is 6. The molecule has 2 aliphatic rings. The number of benzene rings is 2. The van der Waals surface area contributed by atoms with Crippen molar-refractivity contribution in [3.63, 3.8) is 0 Å². The molecule has 0 spiro atoms. The zero-order valence-electron chi connectivity index (χ0n) is 21.9. The molecule has 0 bridgehead atoms. The molecule has 0 radical (unpaired) electrons. The van der Waals surface area contributed by atoms with Crippen LogP contribution in [0.2, 0.25) is 0 Å². The number of thioether (sulfide) groups is 1. The molecular weight excluding hydrogens is 574 g/mol. The van der Waals surface area contributed by atoms with E-state index in [0.717, 1.165) is 23.9 Å². The lowest BCUT2D eigenvalue weighted by atomic mass is 9.95. The lowest BCUT2D eigenvalue weighted by Crippen LogP contribution is -2.54. The molecule has 7 nitrogen and oxygen atoms in total. The second-order valence-electron chi connectivity index (χ2n) is 9.81. The predicted octanol–water partition coefficient (Wildman–Crippen LogP) is 5.02. The van der Waals surface area contributed by atoms with E-state index in [1.165, 1.54) is 16.6 Å². The first-order valence-electron chi connectivity index (χ1n) is 12.5. The zero-order valence-corrected chi connectivity index (χ0v) is 22.7. The Kier molecular flexibility index (Phi) is 7.57. The van der Waals surface area contributed by atoms with Crippen LogP contribution < -0.4 is 10.6 Å². The molecule has 5 rings (SSSR count). The van der Waals surface area contributed by atoms with E-state index in [9.17, 15) is 31.5 Å². The molecule has 1 fully saturated rings.